The molecule has 0 saturated heterocycles. The standard InChI is InChI=1S/C33H65N3O3/c1-3-5-7-8-9-10-11-12-13-14-15-16-17-18-19-20-21-22-23-24-25-26-30-28-36(35-34-30)31(29-37)33(39)32(38)27-6-4-2/h28,31-33,37-39H,3-27,29H2,1-2H3/t31-,32+,33-/m0/s1. The molecule has 0 unspecified atom stereocenters. The first-order valence-electron chi connectivity index (χ1n) is 17.0. The van der Waals surface area contributed by atoms with Crippen molar-refractivity contribution in [3.05, 3.63) is 11.9 Å². The Morgan fingerprint density at radius 1 is 0.615 bits per heavy atom. The normalized spacial score (nSPS) is 14.1. The molecule has 0 radical (unpaired) electrons. The summed E-state index contributed by atoms with van der Waals surface area (Å²) in [6.07, 6.45) is 32.2. The molecule has 0 spiro atoms. The van der Waals surface area contributed by atoms with Gasteiger partial charge in [0.25, 0.3) is 0 Å². The molecule has 39 heavy (non-hydrogen) atoms. The molecule has 0 fully saturated rings. The van der Waals surface area contributed by atoms with Crippen LogP contribution in [0.2, 0.25) is 0 Å². The van der Waals surface area contributed by atoms with E-state index in [4.69, 9.17) is 0 Å². The lowest BCUT2D eigenvalue weighted by Gasteiger charge is -2.25. The number of nitrogens with zero attached hydrogens (tertiary/aromatic N) is 3. The molecule has 0 aliphatic rings. The Hall–Kier alpha value is -0.980. The van der Waals surface area contributed by atoms with E-state index in [-0.39, 0.29) is 6.61 Å². The zero-order chi connectivity index (χ0) is 28.4. The van der Waals surface area contributed by atoms with Gasteiger partial charge >= 0.3 is 0 Å². The van der Waals surface area contributed by atoms with Gasteiger partial charge in [-0.3, -0.25) is 0 Å². The van der Waals surface area contributed by atoms with E-state index in [1.54, 1.807) is 0 Å². The molecule has 0 aliphatic heterocycles. The van der Waals surface area contributed by atoms with Crippen LogP contribution >= 0.6 is 0 Å². The van der Waals surface area contributed by atoms with Crippen molar-refractivity contribution in [3.63, 3.8) is 0 Å². The summed E-state index contributed by atoms with van der Waals surface area (Å²) in [7, 11) is 0. The maximum Gasteiger partial charge on any atom is 0.105 e. The van der Waals surface area contributed by atoms with E-state index in [1.165, 1.54) is 133 Å². The zero-order valence-corrected chi connectivity index (χ0v) is 25.9. The predicted octanol–water partition coefficient (Wildman–Crippen LogP) is 8.48. The first-order chi connectivity index (χ1) is 19.1. The van der Waals surface area contributed by atoms with Crippen LogP contribution in [0.3, 0.4) is 0 Å². The van der Waals surface area contributed by atoms with Crippen molar-refractivity contribution >= 4 is 0 Å². The molecule has 6 nitrogen and oxygen atoms in total. The fourth-order valence-electron chi connectivity index (χ4n) is 5.52. The van der Waals surface area contributed by atoms with Gasteiger partial charge in [0.1, 0.15) is 12.1 Å². The van der Waals surface area contributed by atoms with Crippen molar-refractivity contribution in [1.29, 1.82) is 0 Å². The van der Waals surface area contributed by atoms with Gasteiger partial charge < -0.3 is 15.3 Å². The highest BCUT2D eigenvalue weighted by Crippen LogP contribution is 2.19. The van der Waals surface area contributed by atoms with Gasteiger partial charge in [-0.1, -0.05) is 160 Å². The number of aliphatic hydroxyl groups is 3. The molecule has 3 atom stereocenters. The molecule has 1 rings (SSSR count). The molecule has 1 aromatic rings. The number of hydrogen-bond acceptors (Lipinski definition) is 5. The van der Waals surface area contributed by atoms with Gasteiger partial charge in [0.2, 0.25) is 0 Å². The molecule has 0 aliphatic carbocycles. The summed E-state index contributed by atoms with van der Waals surface area (Å²) in [6, 6.07) is -0.655. The lowest BCUT2D eigenvalue weighted by molar-refractivity contribution is -0.0349. The largest absolute Gasteiger partial charge is 0.394 e. The third-order valence-corrected chi connectivity index (χ3v) is 8.26. The SMILES string of the molecule is CCCCCCCCCCCCCCCCCCCCCCCc1cn([C@@H](CO)[C@H](O)[C@H](O)CCCC)nn1. The Morgan fingerprint density at radius 3 is 1.44 bits per heavy atom. The maximum absolute atomic E-state index is 10.4. The second-order valence-corrected chi connectivity index (χ2v) is 12.0. The smallest absolute Gasteiger partial charge is 0.105 e. The molecular weight excluding hydrogens is 486 g/mol. The minimum absolute atomic E-state index is 0.271. The Morgan fingerprint density at radius 2 is 1.03 bits per heavy atom. The van der Waals surface area contributed by atoms with E-state index in [2.05, 4.69) is 17.2 Å². The second-order valence-electron chi connectivity index (χ2n) is 12.0. The molecular formula is C33H65N3O3. The molecule has 6 heteroatoms. The van der Waals surface area contributed by atoms with Crippen LogP contribution in [0.4, 0.5) is 0 Å². The molecule has 230 valence electrons. The number of hydrogen-bond donors (Lipinski definition) is 3. The van der Waals surface area contributed by atoms with Crippen molar-refractivity contribution in [2.24, 2.45) is 0 Å². The maximum atomic E-state index is 10.4. The second kappa shape index (κ2) is 26.0. The summed E-state index contributed by atoms with van der Waals surface area (Å²) in [6.45, 7) is 4.07. The minimum atomic E-state index is -1.04. The summed E-state index contributed by atoms with van der Waals surface area (Å²) in [4.78, 5) is 0. The Bertz CT molecular complexity index is 639. The average molecular weight is 552 g/mol. The van der Waals surface area contributed by atoms with Crippen LogP contribution in [-0.4, -0.2) is 49.1 Å². The van der Waals surface area contributed by atoms with Gasteiger partial charge in [-0.15, -0.1) is 5.10 Å². The van der Waals surface area contributed by atoms with Crippen LogP contribution in [0.1, 0.15) is 180 Å². The molecule has 0 amide bonds. The summed E-state index contributed by atoms with van der Waals surface area (Å²) in [5.74, 6) is 0. The van der Waals surface area contributed by atoms with E-state index >= 15 is 0 Å². The Balaban J connectivity index is 1.92. The molecule has 0 saturated carbocycles. The van der Waals surface area contributed by atoms with Gasteiger partial charge in [0, 0.05) is 6.20 Å². The Labute approximate surface area is 241 Å². The molecule has 3 N–H and O–H groups in total. The number of rotatable bonds is 29. The van der Waals surface area contributed by atoms with Crippen molar-refractivity contribution < 1.29 is 15.3 Å². The van der Waals surface area contributed by atoms with Gasteiger partial charge in [0.05, 0.1) is 18.4 Å². The third kappa shape index (κ3) is 18.9. The first-order valence-corrected chi connectivity index (χ1v) is 17.0. The first kappa shape index (κ1) is 36.0. The number of aryl methyl sites for hydroxylation is 1. The summed E-state index contributed by atoms with van der Waals surface area (Å²) in [5, 5.41) is 38.7. The van der Waals surface area contributed by atoms with Gasteiger partial charge in [0.15, 0.2) is 0 Å². The minimum Gasteiger partial charge on any atom is -0.394 e. The van der Waals surface area contributed by atoms with E-state index in [9.17, 15) is 15.3 Å². The van der Waals surface area contributed by atoms with Crippen molar-refractivity contribution in [3.8, 4) is 0 Å². The van der Waals surface area contributed by atoms with Gasteiger partial charge in [-0.05, 0) is 19.3 Å². The van der Waals surface area contributed by atoms with E-state index < -0.39 is 18.2 Å². The lowest BCUT2D eigenvalue weighted by atomic mass is 10.0. The van der Waals surface area contributed by atoms with Crippen LogP contribution in [-0.2, 0) is 6.42 Å². The van der Waals surface area contributed by atoms with Crippen LogP contribution < -0.4 is 0 Å². The predicted molar refractivity (Wildman–Crippen MR) is 164 cm³/mol. The highest BCUT2D eigenvalue weighted by Gasteiger charge is 2.28. The number of aliphatic hydroxyl groups excluding tert-OH is 3. The Kier molecular flexibility index (Phi) is 24.0. The molecule has 1 aromatic heterocycles. The summed E-state index contributed by atoms with van der Waals surface area (Å²) >= 11 is 0. The molecule has 0 aromatic carbocycles. The summed E-state index contributed by atoms with van der Waals surface area (Å²) in [5.41, 5.74) is 0.890. The molecule has 1 heterocycles. The summed E-state index contributed by atoms with van der Waals surface area (Å²) < 4.78 is 1.52. The van der Waals surface area contributed by atoms with Crippen LogP contribution in [0.25, 0.3) is 0 Å². The van der Waals surface area contributed by atoms with Crippen LogP contribution in [0.15, 0.2) is 6.20 Å². The highest BCUT2D eigenvalue weighted by molar-refractivity contribution is 4.95. The monoisotopic (exact) mass is 552 g/mol. The fraction of sp³-hybridized carbons (Fsp3) is 0.939. The molecule has 0 bridgehead atoms. The lowest BCUT2D eigenvalue weighted by Crippen LogP contribution is -2.37. The van der Waals surface area contributed by atoms with Crippen LogP contribution in [0.5, 0.6) is 0 Å². The fourth-order valence-corrected chi connectivity index (χ4v) is 5.52. The van der Waals surface area contributed by atoms with Crippen molar-refractivity contribution in [2.45, 2.75) is 193 Å². The van der Waals surface area contributed by atoms with Crippen molar-refractivity contribution in [2.75, 3.05) is 6.61 Å². The quantitative estimate of drug-likeness (QED) is 0.0868. The topological polar surface area (TPSA) is 91.4 Å². The number of aromatic nitrogens is 3. The van der Waals surface area contributed by atoms with Gasteiger partial charge in [-0.25, -0.2) is 4.68 Å². The van der Waals surface area contributed by atoms with Crippen LogP contribution in [0, 0.1) is 0 Å². The highest BCUT2D eigenvalue weighted by atomic mass is 16.3. The van der Waals surface area contributed by atoms with Gasteiger partial charge in [-0.2, -0.15) is 0 Å². The zero-order valence-electron chi connectivity index (χ0n) is 25.9. The van der Waals surface area contributed by atoms with E-state index in [0.29, 0.717) is 6.42 Å². The average Bonchev–Trinajstić information content (AvgIpc) is 3.41. The van der Waals surface area contributed by atoms with E-state index in [1.807, 2.05) is 13.1 Å². The van der Waals surface area contributed by atoms with E-state index in [0.717, 1.165) is 31.4 Å². The number of unbranched alkanes of at least 4 members (excludes halogenated alkanes) is 21. The third-order valence-electron chi connectivity index (χ3n) is 8.26. The van der Waals surface area contributed by atoms with Crippen molar-refractivity contribution in [1.82, 2.24) is 15.0 Å².